The third kappa shape index (κ3) is 1.85. The normalized spacial score (nSPS) is 23.9. The van der Waals surface area contributed by atoms with Crippen LogP contribution >= 0.6 is 0 Å². The van der Waals surface area contributed by atoms with Crippen LogP contribution in [0.1, 0.15) is 20.3 Å². The predicted molar refractivity (Wildman–Crippen MR) is 44.7 cm³/mol. The molecule has 1 unspecified atom stereocenters. The van der Waals surface area contributed by atoms with Gasteiger partial charge in [0, 0.05) is 13.2 Å². The Hall–Kier alpha value is -0.830. The van der Waals surface area contributed by atoms with Gasteiger partial charge in [0.2, 0.25) is 0 Å². The summed E-state index contributed by atoms with van der Waals surface area (Å²) >= 11 is 0. The highest BCUT2D eigenvalue weighted by Gasteiger charge is 2.33. The molecule has 1 aliphatic rings. The van der Waals surface area contributed by atoms with E-state index in [2.05, 4.69) is 0 Å². The van der Waals surface area contributed by atoms with E-state index in [0.29, 0.717) is 6.42 Å². The zero-order chi connectivity index (χ0) is 9.19. The Morgan fingerprint density at radius 1 is 1.67 bits per heavy atom. The Labute approximate surface area is 72.4 Å². The molecule has 0 aromatic rings. The minimum Gasteiger partial charge on any atom is -0.494 e. The molecule has 1 aliphatic heterocycles. The van der Waals surface area contributed by atoms with Crippen LogP contribution in [0.2, 0.25) is 0 Å². The lowest BCUT2D eigenvalue weighted by molar-refractivity contribution is -0.128. The molecule has 1 rings (SSSR count). The molecule has 0 fully saturated rings. The van der Waals surface area contributed by atoms with Gasteiger partial charge >= 0.3 is 0 Å². The van der Waals surface area contributed by atoms with Crippen molar-refractivity contribution in [2.75, 3.05) is 7.11 Å². The average Bonchev–Trinajstić information content (AvgIpc) is 2.05. The van der Waals surface area contributed by atoms with Gasteiger partial charge in [-0.1, -0.05) is 0 Å². The third-order valence-corrected chi connectivity index (χ3v) is 2.18. The maximum atomic E-state index is 11.0. The number of hydrogen-bond donors (Lipinski definition) is 0. The molecule has 0 saturated carbocycles. The highest BCUT2D eigenvalue weighted by molar-refractivity contribution is 5.90. The van der Waals surface area contributed by atoms with Crippen molar-refractivity contribution in [3.8, 4) is 0 Å². The van der Waals surface area contributed by atoms with Crippen molar-refractivity contribution in [1.29, 1.82) is 0 Å². The fraction of sp³-hybridized carbons (Fsp3) is 0.667. The fourth-order valence-corrected chi connectivity index (χ4v) is 1.05. The van der Waals surface area contributed by atoms with Gasteiger partial charge in [-0.15, -0.1) is 0 Å². The summed E-state index contributed by atoms with van der Waals surface area (Å²) in [7, 11) is 1.62. The van der Waals surface area contributed by atoms with Crippen LogP contribution in [0.15, 0.2) is 12.3 Å². The molecule has 0 N–H and O–H groups in total. The summed E-state index contributed by atoms with van der Waals surface area (Å²) in [6, 6.07) is 0. The van der Waals surface area contributed by atoms with E-state index in [1.807, 2.05) is 13.8 Å². The van der Waals surface area contributed by atoms with E-state index >= 15 is 0 Å². The van der Waals surface area contributed by atoms with Gasteiger partial charge in [-0.25, -0.2) is 0 Å². The van der Waals surface area contributed by atoms with Crippen molar-refractivity contribution in [1.82, 2.24) is 0 Å². The molecule has 3 heteroatoms. The predicted octanol–water partition coefficient (Wildman–Crippen LogP) is 1.28. The van der Waals surface area contributed by atoms with E-state index in [1.54, 1.807) is 7.11 Å². The van der Waals surface area contributed by atoms with Gasteiger partial charge in [0.1, 0.15) is 6.10 Å². The summed E-state index contributed by atoms with van der Waals surface area (Å²) in [6.45, 7) is 3.81. The van der Waals surface area contributed by atoms with Crippen LogP contribution in [0.25, 0.3) is 0 Å². The number of carbonyl (C=O) groups is 1. The summed E-state index contributed by atoms with van der Waals surface area (Å²) < 4.78 is 10.5. The van der Waals surface area contributed by atoms with E-state index in [1.165, 1.54) is 12.3 Å². The van der Waals surface area contributed by atoms with Gasteiger partial charge in [-0.3, -0.25) is 4.79 Å². The van der Waals surface area contributed by atoms with Gasteiger partial charge in [0.05, 0.1) is 18.3 Å². The van der Waals surface area contributed by atoms with Crippen LogP contribution in [0.5, 0.6) is 0 Å². The molecule has 0 bridgehead atoms. The standard InChI is InChI=1S/C9H14O3/c1-9(2,11-3)8-6-7(10)4-5-12-8/h4-5,8H,6H2,1-3H3. The number of hydrogen-bond acceptors (Lipinski definition) is 3. The summed E-state index contributed by atoms with van der Waals surface area (Å²) in [4.78, 5) is 11.0. The third-order valence-electron chi connectivity index (χ3n) is 2.18. The minimum atomic E-state index is -0.402. The number of carbonyl (C=O) groups excluding carboxylic acids is 1. The summed E-state index contributed by atoms with van der Waals surface area (Å²) in [6.07, 6.45) is 3.12. The van der Waals surface area contributed by atoms with Crippen molar-refractivity contribution in [2.45, 2.75) is 32.0 Å². The van der Waals surface area contributed by atoms with Crippen LogP contribution in [0.3, 0.4) is 0 Å². The fourth-order valence-electron chi connectivity index (χ4n) is 1.05. The van der Waals surface area contributed by atoms with Crippen molar-refractivity contribution in [2.24, 2.45) is 0 Å². The smallest absolute Gasteiger partial charge is 0.162 e. The Kier molecular flexibility index (Phi) is 2.52. The van der Waals surface area contributed by atoms with Crippen LogP contribution in [0.4, 0.5) is 0 Å². The van der Waals surface area contributed by atoms with Gasteiger partial charge in [-0.05, 0) is 13.8 Å². The van der Waals surface area contributed by atoms with Crippen LogP contribution in [-0.2, 0) is 14.3 Å². The second kappa shape index (κ2) is 3.27. The highest BCUT2D eigenvalue weighted by Crippen LogP contribution is 2.22. The van der Waals surface area contributed by atoms with Gasteiger partial charge in [-0.2, -0.15) is 0 Å². The van der Waals surface area contributed by atoms with Crippen LogP contribution in [-0.4, -0.2) is 24.6 Å². The molecule has 0 radical (unpaired) electrons. The first-order valence-corrected chi connectivity index (χ1v) is 3.96. The zero-order valence-corrected chi connectivity index (χ0v) is 7.66. The van der Waals surface area contributed by atoms with Crippen LogP contribution < -0.4 is 0 Å². The molecule has 12 heavy (non-hydrogen) atoms. The molecule has 0 aromatic carbocycles. The summed E-state index contributed by atoms with van der Waals surface area (Å²) in [5.41, 5.74) is -0.402. The Morgan fingerprint density at radius 2 is 2.33 bits per heavy atom. The second-order valence-electron chi connectivity index (χ2n) is 3.41. The van der Waals surface area contributed by atoms with Crippen molar-refractivity contribution < 1.29 is 14.3 Å². The number of ether oxygens (including phenoxy) is 2. The van der Waals surface area contributed by atoms with Crippen LogP contribution in [0, 0.1) is 0 Å². The maximum Gasteiger partial charge on any atom is 0.162 e. The largest absolute Gasteiger partial charge is 0.494 e. The number of methoxy groups -OCH3 is 1. The first-order valence-electron chi connectivity index (χ1n) is 3.96. The van der Waals surface area contributed by atoms with E-state index in [-0.39, 0.29) is 11.9 Å². The van der Waals surface area contributed by atoms with E-state index < -0.39 is 5.60 Å². The van der Waals surface area contributed by atoms with Gasteiger partial charge in [0.25, 0.3) is 0 Å². The van der Waals surface area contributed by atoms with Crippen molar-refractivity contribution >= 4 is 5.78 Å². The van der Waals surface area contributed by atoms with E-state index in [4.69, 9.17) is 9.47 Å². The monoisotopic (exact) mass is 170 g/mol. The van der Waals surface area contributed by atoms with E-state index in [0.717, 1.165) is 0 Å². The Balaban J connectivity index is 2.65. The average molecular weight is 170 g/mol. The minimum absolute atomic E-state index is 0.0939. The molecule has 0 amide bonds. The molecule has 0 aliphatic carbocycles. The molecular weight excluding hydrogens is 156 g/mol. The molecule has 1 atom stereocenters. The second-order valence-corrected chi connectivity index (χ2v) is 3.41. The van der Waals surface area contributed by atoms with E-state index in [9.17, 15) is 4.79 Å². The van der Waals surface area contributed by atoms with Crippen molar-refractivity contribution in [3.63, 3.8) is 0 Å². The topological polar surface area (TPSA) is 35.5 Å². The van der Waals surface area contributed by atoms with Crippen molar-refractivity contribution in [3.05, 3.63) is 12.3 Å². The van der Waals surface area contributed by atoms with Gasteiger partial charge < -0.3 is 9.47 Å². The lowest BCUT2D eigenvalue weighted by atomic mass is 9.95. The maximum absolute atomic E-state index is 11.0. The molecule has 68 valence electrons. The summed E-state index contributed by atoms with van der Waals surface area (Å²) in [5, 5.41) is 0. The lowest BCUT2D eigenvalue weighted by Gasteiger charge is -2.33. The quantitative estimate of drug-likeness (QED) is 0.626. The summed E-state index contributed by atoms with van der Waals surface area (Å²) in [5.74, 6) is 0.0939. The Bertz CT molecular complexity index is 206. The lowest BCUT2D eigenvalue weighted by Crippen LogP contribution is -2.41. The number of rotatable bonds is 2. The molecule has 3 nitrogen and oxygen atoms in total. The first-order chi connectivity index (χ1) is 5.56. The molecule has 0 saturated heterocycles. The molecule has 0 aromatic heterocycles. The molecule has 0 spiro atoms. The molecule has 1 heterocycles. The molecular formula is C9H14O3. The highest BCUT2D eigenvalue weighted by atomic mass is 16.5. The number of ketones is 1. The number of allylic oxidation sites excluding steroid dienone is 1. The Morgan fingerprint density at radius 3 is 2.83 bits per heavy atom. The first kappa shape index (κ1) is 9.26. The SMILES string of the molecule is COC(C)(C)C1CC(=O)C=CO1. The zero-order valence-electron chi connectivity index (χ0n) is 7.66. The van der Waals surface area contributed by atoms with Gasteiger partial charge in [0.15, 0.2) is 5.78 Å².